The summed E-state index contributed by atoms with van der Waals surface area (Å²) in [7, 11) is 0. The number of nitrogens with one attached hydrogen (secondary N) is 2. The maximum atomic E-state index is 3.81. The Balaban J connectivity index is 1.73. The van der Waals surface area contributed by atoms with Crippen LogP contribution in [0, 0.1) is 0 Å². The van der Waals surface area contributed by atoms with Gasteiger partial charge in [0.1, 0.15) is 0 Å². The van der Waals surface area contributed by atoms with Crippen molar-refractivity contribution in [1.29, 1.82) is 0 Å². The predicted molar refractivity (Wildman–Crippen MR) is 90.9 cm³/mol. The number of hydrogen-bond acceptors (Lipinski definition) is 3. The van der Waals surface area contributed by atoms with E-state index in [0.29, 0.717) is 6.04 Å². The molecule has 1 atom stereocenters. The Morgan fingerprint density at radius 2 is 2.10 bits per heavy atom. The van der Waals surface area contributed by atoms with E-state index in [4.69, 9.17) is 0 Å². The lowest BCUT2D eigenvalue weighted by Crippen LogP contribution is -2.35. The van der Waals surface area contributed by atoms with E-state index in [9.17, 15) is 0 Å². The van der Waals surface area contributed by atoms with Gasteiger partial charge < -0.3 is 10.6 Å². The Bertz CT molecular complexity index is 575. The third-order valence-electron chi connectivity index (χ3n) is 4.33. The minimum atomic E-state index is 0.183. The molecule has 0 aliphatic carbocycles. The van der Waals surface area contributed by atoms with E-state index in [1.54, 1.807) is 0 Å². The summed E-state index contributed by atoms with van der Waals surface area (Å²) < 4.78 is 0. The molecular formula is C18H24N2S. The summed E-state index contributed by atoms with van der Waals surface area (Å²) in [5.41, 5.74) is 3.08. The lowest BCUT2D eigenvalue weighted by molar-refractivity contribution is 0.414. The van der Waals surface area contributed by atoms with Crippen LogP contribution in [0.4, 0.5) is 0 Å². The molecule has 0 saturated carbocycles. The molecule has 1 aliphatic rings. The molecule has 0 fully saturated rings. The highest BCUT2D eigenvalue weighted by atomic mass is 32.1. The molecule has 3 rings (SSSR count). The molecule has 112 valence electrons. The second-order valence-electron chi connectivity index (χ2n) is 6.46. The largest absolute Gasteiger partial charge is 0.313 e. The molecule has 2 nitrogen and oxygen atoms in total. The van der Waals surface area contributed by atoms with Crippen molar-refractivity contribution in [2.24, 2.45) is 0 Å². The highest BCUT2D eigenvalue weighted by Gasteiger charge is 2.24. The van der Waals surface area contributed by atoms with Crippen molar-refractivity contribution in [3.8, 4) is 0 Å². The van der Waals surface area contributed by atoms with Crippen LogP contribution < -0.4 is 10.6 Å². The van der Waals surface area contributed by atoms with E-state index < -0.39 is 0 Å². The van der Waals surface area contributed by atoms with Gasteiger partial charge in [0, 0.05) is 29.4 Å². The first kappa shape index (κ1) is 14.8. The van der Waals surface area contributed by atoms with Gasteiger partial charge in [-0.1, -0.05) is 44.2 Å². The summed E-state index contributed by atoms with van der Waals surface area (Å²) >= 11 is 1.85. The summed E-state index contributed by atoms with van der Waals surface area (Å²) in [5, 5.41) is 9.50. The van der Waals surface area contributed by atoms with Gasteiger partial charge in [0.15, 0.2) is 0 Å². The zero-order chi connectivity index (χ0) is 14.7. The lowest BCUT2D eigenvalue weighted by Gasteiger charge is -2.28. The standard InChI is InChI=1S/C18H24N2S/c1-18(2,17-8-5-11-21-17)13-20-16-9-10-19-12-14-6-3-4-7-15(14)16/h3-8,11,16,19-20H,9-10,12-13H2,1-2H3. The monoisotopic (exact) mass is 300 g/mol. The molecule has 21 heavy (non-hydrogen) atoms. The smallest absolute Gasteiger partial charge is 0.0335 e. The molecule has 0 spiro atoms. The summed E-state index contributed by atoms with van der Waals surface area (Å²) in [4.78, 5) is 1.45. The summed E-state index contributed by atoms with van der Waals surface area (Å²) in [5.74, 6) is 0. The highest BCUT2D eigenvalue weighted by Crippen LogP contribution is 2.29. The fourth-order valence-electron chi connectivity index (χ4n) is 3.00. The number of thiophene rings is 1. The molecule has 2 aromatic rings. The number of rotatable bonds is 4. The van der Waals surface area contributed by atoms with Gasteiger partial charge in [-0.3, -0.25) is 0 Å². The van der Waals surface area contributed by atoms with E-state index in [-0.39, 0.29) is 5.41 Å². The normalized spacial score (nSPS) is 19.0. The maximum Gasteiger partial charge on any atom is 0.0335 e. The van der Waals surface area contributed by atoms with Crippen LogP contribution in [0.25, 0.3) is 0 Å². The van der Waals surface area contributed by atoms with Crippen LogP contribution in [0.2, 0.25) is 0 Å². The molecule has 1 aromatic carbocycles. The Hall–Kier alpha value is -1.16. The van der Waals surface area contributed by atoms with Gasteiger partial charge in [0.05, 0.1) is 0 Å². The number of fused-ring (bicyclic) bond motifs is 1. The van der Waals surface area contributed by atoms with Crippen molar-refractivity contribution in [3.63, 3.8) is 0 Å². The Morgan fingerprint density at radius 3 is 2.90 bits per heavy atom. The van der Waals surface area contributed by atoms with Crippen LogP contribution in [0.3, 0.4) is 0 Å². The fraction of sp³-hybridized carbons (Fsp3) is 0.444. The minimum Gasteiger partial charge on any atom is -0.313 e. The molecule has 2 N–H and O–H groups in total. The Morgan fingerprint density at radius 1 is 1.24 bits per heavy atom. The first-order valence-electron chi connectivity index (χ1n) is 7.73. The van der Waals surface area contributed by atoms with Crippen molar-refractivity contribution in [2.45, 2.75) is 38.3 Å². The zero-order valence-corrected chi connectivity index (χ0v) is 13.7. The van der Waals surface area contributed by atoms with E-state index in [0.717, 1.165) is 26.1 Å². The van der Waals surface area contributed by atoms with Crippen LogP contribution in [-0.2, 0) is 12.0 Å². The molecule has 1 aliphatic heterocycles. The molecule has 2 heterocycles. The summed E-state index contributed by atoms with van der Waals surface area (Å²) in [6.07, 6.45) is 1.15. The van der Waals surface area contributed by atoms with Gasteiger partial charge in [0.25, 0.3) is 0 Å². The molecular weight excluding hydrogens is 276 g/mol. The summed E-state index contributed by atoms with van der Waals surface area (Å²) in [6.45, 7) is 7.72. The van der Waals surface area contributed by atoms with Crippen LogP contribution in [0.15, 0.2) is 41.8 Å². The molecule has 0 bridgehead atoms. The van der Waals surface area contributed by atoms with Gasteiger partial charge in [-0.05, 0) is 35.5 Å². The third-order valence-corrected chi connectivity index (χ3v) is 5.57. The first-order valence-corrected chi connectivity index (χ1v) is 8.61. The van der Waals surface area contributed by atoms with Gasteiger partial charge in [-0.2, -0.15) is 0 Å². The second-order valence-corrected chi connectivity index (χ2v) is 7.41. The Kier molecular flexibility index (Phi) is 4.43. The van der Waals surface area contributed by atoms with Crippen LogP contribution >= 0.6 is 11.3 Å². The number of hydrogen-bond donors (Lipinski definition) is 2. The van der Waals surface area contributed by atoms with Crippen LogP contribution in [0.5, 0.6) is 0 Å². The molecule has 0 amide bonds. The third kappa shape index (κ3) is 3.37. The van der Waals surface area contributed by atoms with Gasteiger partial charge in [-0.25, -0.2) is 0 Å². The SMILES string of the molecule is CC(C)(CNC1CCNCc2ccccc21)c1cccs1. The van der Waals surface area contributed by atoms with Crippen LogP contribution in [-0.4, -0.2) is 13.1 Å². The van der Waals surface area contributed by atoms with Crippen molar-refractivity contribution in [2.75, 3.05) is 13.1 Å². The molecule has 0 radical (unpaired) electrons. The molecule has 3 heteroatoms. The zero-order valence-electron chi connectivity index (χ0n) is 12.9. The van der Waals surface area contributed by atoms with Crippen molar-refractivity contribution in [1.82, 2.24) is 10.6 Å². The minimum absolute atomic E-state index is 0.183. The second kappa shape index (κ2) is 6.30. The number of benzene rings is 1. The molecule has 0 saturated heterocycles. The highest BCUT2D eigenvalue weighted by molar-refractivity contribution is 7.10. The van der Waals surface area contributed by atoms with Crippen LogP contribution in [0.1, 0.15) is 42.3 Å². The Labute approximate surface area is 131 Å². The average molecular weight is 300 g/mol. The quantitative estimate of drug-likeness (QED) is 0.896. The predicted octanol–water partition coefficient (Wildman–Crippen LogP) is 3.85. The molecule has 1 unspecified atom stereocenters. The fourth-order valence-corrected chi connectivity index (χ4v) is 3.85. The lowest BCUT2D eigenvalue weighted by atomic mass is 9.90. The van der Waals surface area contributed by atoms with Crippen molar-refractivity contribution >= 4 is 11.3 Å². The van der Waals surface area contributed by atoms with E-state index in [1.165, 1.54) is 16.0 Å². The average Bonchev–Trinajstić information content (AvgIpc) is 2.95. The summed E-state index contributed by atoms with van der Waals surface area (Å²) in [6, 6.07) is 13.7. The first-order chi connectivity index (χ1) is 10.2. The van der Waals surface area contributed by atoms with Crippen molar-refractivity contribution < 1.29 is 0 Å². The molecule has 1 aromatic heterocycles. The van der Waals surface area contributed by atoms with E-state index in [1.807, 2.05) is 11.3 Å². The van der Waals surface area contributed by atoms with E-state index >= 15 is 0 Å². The van der Waals surface area contributed by atoms with E-state index in [2.05, 4.69) is 66.3 Å². The van der Waals surface area contributed by atoms with Gasteiger partial charge >= 0.3 is 0 Å². The van der Waals surface area contributed by atoms with Gasteiger partial charge in [0.2, 0.25) is 0 Å². The van der Waals surface area contributed by atoms with Gasteiger partial charge in [-0.15, -0.1) is 11.3 Å². The maximum absolute atomic E-state index is 3.81. The topological polar surface area (TPSA) is 24.1 Å². The van der Waals surface area contributed by atoms with Crippen molar-refractivity contribution in [3.05, 3.63) is 57.8 Å².